The quantitative estimate of drug-likeness (QED) is 0.683. The van der Waals surface area contributed by atoms with Gasteiger partial charge < -0.3 is 15.2 Å². The van der Waals surface area contributed by atoms with Crippen LogP contribution in [-0.2, 0) is 6.54 Å². The topological polar surface area (TPSA) is 78.1 Å². The molecular weight excluding hydrogens is 391 g/mol. The maximum absolute atomic E-state index is 13.7. The fourth-order valence-electron chi connectivity index (χ4n) is 3.47. The van der Waals surface area contributed by atoms with Gasteiger partial charge in [0.05, 0.1) is 23.5 Å². The van der Waals surface area contributed by atoms with E-state index in [1.165, 1.54) is 12.1 Å². The third kappa shape index (κ3) is 4.12. The second-order valence-electron chi connectivity index (χ2n) is 6.87. The number of halogens is 1. The van der Waals surface area contributed by atoms with Gasteiger partial charge in [-0.3, -0.25) is 4.79 Å². The van der Waals surface area contributed by atoms with Crippen molar-refractivity contribution in [2.45, 2.75) is 30.8 Å². The normalized spacial score (nSPS) is 15.7. The summed E-state index contributed by atoms with van der Waals surface area (Å²) in [5.74, 6) is 0.974. The number of aromatic amines is 1. The fourth-order valence-corrected chi connectivity index (χ4v) is 4.58. The number of hydrogen-bond acceptors (Lipinski definition) is 4. The number of fused-ring (bicyclic) bond motifs is 2. The minimum absolute atomic E-state index is 0.180. The van der Waals surface area contributed by atoms with Crippen LogP contribution in [0, 0.1) is 5.82 Å². The molecule has 1 aliphatic rings. The van der Waals surface area contributed by atoms with Crippen LogP contribution in [0.5, 0.6) is 0 Å². The van der Waals surface area contributed by atoms with Crippen molar-refractivity contribution in [2.75, 3.05) is 12.3 Å². The molecule has 6 nitrogen and oxygen atoms in total. The highest BCUT2D eigenvalue weighted by molar-refractivity contribution is 7.99. The molecule has 0 bridgehead atoms. The van der Waals surface area contributed by atoms with Crippen molar-refractivity contribution < 1.29 is 9.18 Å². The van der Waals surface area contributed by atoms with Crippen LogP contribution in [0.15, 0.2) is 52.2 Å². The molecule has 0 saturated carbocycles. The number of para-hydroxylation sites is 1. The summed E-state index contributed by atoms with van der Waals surface area (Å²) >= 11 is 1.67. The number of benzene rings is 2. The molecule has 2 N–H and O–H groups in total. The number of carbonyl (C=O) groups excluding carboxylic acids is 1. The molecule has 0 aliphatic carbocycles. The highest BCUT2D eigenvalue weighted by Gasteiger charge is 2.25. The lowest BCUT2D eigenvalue weighted by Crippen LogP contribution is -2.42. The zero-order valence-corrected chi connectivity index (χ0v) is 16.8. The number of amides is 2. The molecule has 1 atom stereocenters. The van der Waals surface area contributed by atoms with Gasteiger partial charge in [-0.05, 0) is 49.2 Å². The van der Waals surface area contributed by atoms with Gasteiger partial charge in [-0.2, -0.15) is 0 Å². The van der Waals surface area contributed by atoms with Crippen molar-refractivity contribution in [2.24, 2.45) is 0 Å². The van der Waals surface area contributed by atoms with Gasteiger partial charge in [0.2, 0.25) is 0 Å². The Balaban J connectivity index is 1.53. The number of thioether (sulfide) groups is 1. The van der Waals surface area contributed by atoms with Crippen LogP contribution >= 0.6 is 11.8 Å². The number of H-pyrrole nitrogens is 1. The Labute approximate surface area is 171 Å². The summed E-state index contributed by atoms with van der Waals surface area (Å²) in [7, 11) is 0. The van der Waals surface area contributed by atoms with Gasteiger partial charge in [-0.1, -0.05) is 12.1 Å². The molecule has 0 saturated heterocycles. The number of aromatic nitrogens is 2. The number of hydrogen-bond donors (Lipinski definition) is 2. The van der Waals surface area contributed by atoms with Crippen molar-refractivity contribution in [1.82, 2.24) is 20.2 Å². The van der Waals surface area contributed by atoms with Gasteiger partial charge in [-0.15, -0.1) is 11.8 Å². The molecule has 2 heterocycles. The Kier molecular flexibility index (Phi) is 5.53. The first kappa shape index (κ1) is 19.4. The van der Waals surface area contributed by atoms with E-state index in [0.717, 1.165) is 22.6 Å². The van der Waals surface area contributed by atoms with Crippen molar-refractivity contribution in [1.29, 1.82) is 0 Å². The summed E-state index contributed by atoms with van der Waals surface area (Å²) in [5.41, 5.74) is 1.18. The Hall–Kier alpha value is -2.87. The van der Waals surface area contributed by atoms with Crippen LogP contribution in [0.1, 0.15) is 30.8 Å². The summed E-state index contributed by atoms with van der Waals surface area (Å²) in [6.07, 6.45) is 0.732. The van der Waals surface area contributed by atoms with Crippen LogP contribution < -0.4 is 10.9 Å². The molecule has 2 amide bonds. The van der Waals surface area contributed by atoms with E-state index in [4.69, 9.17) is 0 Å². The van der Waals surface area contributed by atoms with Crippen molar-refractivity contribution in [3.05, 3.63) is 70.0 Å². The summed E-state index contributed by atoms with van der Waals surface area (Å²) < 4.78 is 13.7. The molecule has 0 spiro atoms. The molecule has 2 aromatic carbocycles. The summed E-state index contributed by atoms with van der Waals surface area (Å²) in [4.78, 5) is 35.0. The molecular formula is C21H21FN4O2S. The lowest BCUT2D eigenvalue weighted by Gasteiger charge is -2.29. The van der Waals surface area contributed by atoms with Crippen molar-refractivity contribution in [3.8, 4) is 0 Å². The average Bonchev–Trinajstić information content (AvgIpc) is 2.72. The number of rotatable bonds is 4. The minimum atomic E-state index is -0.309. The number of urea groups is 1. The van der Waals surface area contributed by atoms with Gasteiger partial charge in [0.1, 0.15) is 11.6 Å². The van der Waals surface area contributed by atoms with E-state index in [9.17, 15) is 14.0 Å². The molecule has 8 heteroatoms. The monoisotopic (exact) mass is 412 g/mol. The van der Waals surface area contributed by atoms with Gasteiger partial charge in [0.15, 0.2) is 0 Å². The third-order valence-electron chi connectivity index (χ3n) is 4.98. The van der Waals surface area contributed by atoms with E-state index in [-0.39, 0.29) is 30.0 Å². The van der Waals surface area contributed by atoms with Gasteiger partial charge >= 0.3 is 6.03 Å². The number of nitrogens with zero attached hydrogens (tertiary/aromatic N) is 2. The second kappa shape index (κ2) is 8.24. The number of nitrogens with one attached hydrogen (secondary N) is 2. The van der Waals surface area contributed by atoms with E-state index >= 15 is 0 Å². The van der Waals surface area contributed by atoms with Gasteiger partial charge in [-0.25, -0.2) is 14.2 Å². The summed E-state index contributed by atoms with van der Waals surface area (Å²) in [6, 6.07) is 11.3. The third-order valence-corrected chi connectivity index (χ3v) is 6.10. The lowest BCUT2D eigenvalue weighted by atomic mass is 10.0. The van der Waals surface area contributed by atoms with Gasteiger partial charge in [0, 0.05) is 17.2 Å². The maximum Gasteiger partial charge on any atom is 0.318 e. The van der Waals surface area contributed by atoms with E-state index < -0.39 is 0 Å². The van der Waals surface area contributed by atoms with Crippen LogP contribution in [0.4, 0.5) is 9.18 Å². The highest BCUT2D eigenvalue weighted by atomic mass is 32.2. The van der Waals surface area contributed by atoms with Crippen LogP contribution in [0.2, 0.25) is 0 Å². The Morgan fingerprint density at radius 1 is 1.34 bits per heavy atom. The zero-order valence-electron chi connectivity index (χ0n) is 15.9. The molecule has 3 aromatic rings. The van der Waals surface area contributed by atoms with E-state index in [0.29, 0.717) is 23.3 Å². The Morgan fingerprint density at radius 3 is 3.00 bits per heavy atom. The van der Waals surface area contributed by atoms with Crippen LogP contribution in [0.25, 0.3) is 10.9 Å². The predicted molar refractivity (Wildman–Crippen MR) is 111 cm³/mol. The average molecular weight is 412 g/mol. The second-order valence-corrected chi connectivity index (χ2v) is 8.00. The van der Waals surface area contributed by atoms with Crippen molar-refractivity contribution in [3.63, 3.8) is 0 Å². The van der Waals surface area contributed by atoms with Crippen LogP contribution in [0.3, 0.4) is 0 Å². The van der Waals surface area contributed by atoms with E-state index in [1.54, 1.807) is 40.9 Å². The first-order chi connectivity index (χ1) is 14.0. The van der Waals surface area contributed by atoms with Crippen molar-refractivity contribution >= 4 is 28.7 Å². The molecule has 0 fully saturated rings. The molecule has 1 aliphatic heterocycles. The minimum Gasteiger partial charge on any atom is -0.331 e. The highest BCUT2D eigenvalue weighted by Crippen LogP contribution is 2.36. The first-order valence-corrected chi connectivity index (χ1v) is 10.5. The molecule has 150 valence electrons. The maximum atomic E-state index is 13.7. The Bertz CT molecular complexity index is 1120. The molecule has 1 aromatic heterocycles. The number of carbonyl (C=O) groups is 1. The molecule has 1 unspecified atom stereocenters. The summed E-state index contributed by atoms with van der Waals surface area (Å²) in [6.45, 7) is 2.49. The van der Waals surface area contributed by atoms with E-state index in [2.05, 4.69) is 15.3 Å². The predicted octanol–water partition coefficient (Wildman–Crippen LogP) is 3.83. The van der Waals surface area contributed by atoms with E-state index in [1.807, 2.05) is 13.0 Å². The lowest BCUT2D eigenvalue weighted by molar-refractivity contribution is 0.192. The van der Waals surface area contributed by atoms with Crippen LogP contribution in [-0.4, -0.2) is 33.2 Å². The smallest absolute Gasteiger partial charge is 0.318 e. The zero-order chi connectivity index (χ0) is 20.4. The standard InChI is InChI=1S/C21H21FN4O2S/c1-2-26(12-19-23-16-6-4-3-5-14(16)20(27)25-19)21(28)24-17-9-10-29-18-8-7-13(22)11-15(17)18/h3-8,11,17H,2,9-10,12H2,1H3,(H,24,28)(H,23,25,27). The Morgan fingerprint density at radius 2 is 2.17 bits per heavy atom. The molecule has 4 rings (SSSR count). The SMILES string of the molecule is CCN(Cc1nc2ccccc2c(=O)[nH]1)C(=O)NC1CCSc2ccc(F)cc21. The van der Waals surface area contributed by atoms with Gasteiger partial charge in [0.25, 0.3) is 5.56 Å². The molecule has 0 radical (unpaired) electrons. The first-order valence-electron chi connectivity index (χ1n) is 9.50. The fraction of sp³-hybridized carbons (Fsp3) is 0.286. The largest absolute Gasteiger partial charge is 0.331 e. The molecule has 29 heavy (non-hydrogen) atoms. The summed E-state index contributed by atoms with van der Waals surface area (Å²) in [5, 5.41) is 3.53.